The average molecular weight is 352 g/mol. The van der Waals surface area contributed by atoms with Crippen molar-refractivity contribution in [3.63, 3.8) is 0 Å². The van der Waals surface area contributed by atoms with E-state index >= 15 is 0 Å². The summed E-state index contributed by atoms with van der Waals surface area (Å²) in [5, 5.41) is 9.77. The molecule has 0 spiro atoms. The van der Waals surface area contributed by atoms with Crippen LogP contribution in [0.1, 0.15) is 47.7 Å². The summed E-state index contributed by atoms with van der Waals surface area (Å²) in [5.74, 6) is 0. The van der Waals surface area contributed by atoms with Crippen molar-refractivity contribution in [2.75, 3.05) is 6.54 Å². The van der Waals surface area contributed by atoms with Crippen LogP contribution >= 0.6 is 11.3 Å². The lowest BCUT2D eigenvalue weighted by atomic mass is 10.0. The van der Waals surface area contributed by atoms with Crippen LogP contribution < -0.4 is 0 Å². The molecule has 25 heavy (non-hydrogen) atoms. The van der Waals surface area contributed by atoms with Crippen molar-refractivity contribution in [1.29, 1.82) is 0 Å². The molecule has 1 fully saturated rings. The van der Waals surface area contributed by atoms with Gasteiger partial charge in [-0.15, -0.1) is 11.3 Å². The first-order valence-electron chi connectivity index (χ1n) is 9.18. The first-order valence-corrected chi connectivity index (χ1v) is 10.1. The number of nitrogens with zero attached hydrogens (tertiary/aromatic N) is 2. The van der Waals surface area contributed by atoms with Crippen LogP contribution in [0, 0.1) is 6.92 Å². The number of nitrogens with one attached hydrogen (secondary N) is 1. The van der Waals surface area contributed by atoms with Gasteiger partial charge in [0.2, 0.25) is 0 Å². The predicted octanol–water partition coefficient (Wildman–Crippen LogP) is 5.56. The van der Waals surface area contributed by atoms with E-state index in [1.54, 1.807) is 0 Å². The van der Waals surface area contributed by atoms with Gasteiger partial charge in [0.05, 0.1) is 11.9 Å². The van der Waals surface area contributed by atoms with Gasteiger partial charge < -0.3 is 0 Å². The van der Waals surface area contributed by atoms with Crippen LogP contribution in [0.5, 0.6) is 0 Å². The van der Waals surface area contributed by atoms with Gasteiger partial charge in [-0.3, -0.25) is 10.00 Å². The SMILES string of the molecule is Cc1ccc(-c2[nH]ncc2CN2CCCCC[C@H]2c2cccs2)cc1. The van der Waals surface area contributed by atoms with Crippen molar-refractivity contribution < 1.29 is 0 Å². The van der Waals surface area contributed by atoms with E-state index in [9.17, 15) is 0 Å². The Labute approximate surface area is 153 Å². The normalized spacial score (nSPS) is 19.0. The lowest BCUT2D eigenvalue weighted by Crippen LogP contribution is -2.27. The Bertz CT molecular complexity index is 789. The molecule has 0 radical (unpaired) electrons. The Morgan fingerprint density at radius 1 is 1.16 bits per heavy atom. The minimum atomic E-state index is 0.545. The highest BCUT2D eigenvalue weighted by molar-refractivity contribution is 7.10. The number of hydrogen-bond donors (Lipinski definition) is 1. The van der Waals surface area contributed by atoms with Crippen LogP contribution in [0.4, 0.5) is 0 Å². The van der Waals surface area contributed by atoms with Crippen LogP contribution in [0.25, 0.3) is 11.3 Å². The molecule has 1 aromatic carbocycles. The van der Waals surface area contributed by atoms with Crippen LogP contribution in [-0.4, -0.2) is 21.6 Å². The summed E-state index contributed by atoms with van der Waals surface area (Å²) in [6, 6.07) is 13.7. The highest BCUT2D eigenvalue weighted by Gasteiger charge is 2.24. The van der Waals surface area contributed by atoms with E-state index in [1.165, 1.54) is 53.8 Å². The second kappa shape index (κ2) is 7.54. The Hall–Kier alpha value is -1.91. The van der Waals surface area contributed by atoms with Gasteiger partial charge in [0, 0.05) is 23.0 Å². The van der Waals surface area contributed by atoms with Crippen molar-refractivity contribution in [3.05, 3.63) is 64.0 Å². The standard InChI is InChI=1S/C21H25N3S/c1-16-8-10-17(11-9-16)21-18(14-22-23-21)15-24-12-4-2-3-6-19(24)20-7-5-13-25-20/h5,7-11,13-14,19H,2-4,6,12,15H2,1H3,(H,22,23)/t19-/m0/s1. The molecule has 3 aromatic rings. The fourth-order valence-corrected chi connectivity index (χ4v) is 4.68. The molecular formula is C21H25N3S. The maximum absolute atomic E-state index is 4.35. The summed E-state index contributed by atoms with van der Waals surface area (Å²) in [4.78, 5) is 4.16. The van der Waals surface area contributed by atoms with E-state index in [-0.39, 0.29) is 0 Å². The smallest absolute Gasteiger partial charge is 0.0695 e. The van der Waals surface area contributed by atoms with Gasteiger partial charge in [-0.1, -0.05) is 48.7 Å². The van der Waals surface area contributed by atoms with Gasteiger partial charge in [0.15, 0.2) is 0 Å². The van der Waals surface area contributed by atoms with Crippen molar-refractivity contribution in [3.8, 4) is 11.3 Å². The molecule has 4 rings (SSSR count). The number of likely N-dealkylation sites (tertiary alicyclic amines) is 1. The minimum absolute atomic E-state index is 0.545. The number of benzene rings is 1. The third-order valence-corrected chi connectivity index (χ3v) is 6.14. The topological polar surface area (TPSA) is 31.9 Å². The lowest BCUT2D eigenvalue weighted by Gasteiger charge is -2.29. The molecule has 0 saturated carbocycles. The Kier molecular flexibility index (Phi) is 4.99. The second-order valence-corrected chi connectivity index (χ2v) is 7.97. The highest BCUT2D eigenvalue weighted by atomic mass is 32.1. The zero-order chi connectivity index (χ0) is 17.1. The van der Waals surface area contributed by atoms with Crippen molar-refractivity contribution in [2.24, 2.45) is 0 Å². The van der Waals surface area contributed by atoms with Gasteiger partial charge in [-0.2, -0.15) is 5.10 Å². The number of hydrogen-bond acceptors (Lipinski definition) is 3. The number of aromatic amines is 1. The molecule has 0 bridgehead atoms. The summed E-state index contributed by atoms with van der Waals surface area (Å²) in [6.45, 7) is 4.25. The third kappa shape index (κ3) is 3.70. The fourth-order valence-electron chi connectivity index (χ4n) is 3.78. The van der Waals surface area contributed by atoms with Crippen LogP contribution in [0.2, 0.25) is 0 Å². The molecule has 1 N–H and O–H groups in total. The molecule has 1 aliphatic heterocycles. The number of rotatable bonds is 4. The van der Waals surface area contributed by atoms with Crippen molar-refractivity contribution in [2.45, 2.75) is 45.2 Å². The summed E-state index contributed by atoms with van der Waals surface area (Å²) in [5.41, 5.74) is 4.97. The molecule has 1 saturated heterocycles. The maximum Gasteiger partial charge on any atom is 0.0695 e. The fraction of sp³-hybridized carbons (Fsp3) is 0.381. The van der Waals surface area contributed by atoms with E-state index in [0.29, 0.717) is 6.04 Å². The van der Waals surface area contributed by atoms with Gasteiger partial charge in [0.1, 0.15) is 0 Å². The quantitative estimate of drug-likeness (QED) is 0.667. The van der Waals surface area contributed by atoms with E-state index in [2.05, 4.69) is 63.8 Å². The Morgan fingerprint density at radius 2 is 2.04 bits per heavy atom. The molecule has 2 aromatic heterocycles. The molecule has 4 heteroatoms. The molecule has 0 amide bonds. The summed E-state index contributed by atoms with van der Waals surface area (Å²) in [7, 11) is 0. The van der Waals surface area contributed by atoms with Gasteiger partial charge in [-0.05, 0) is 43.3 Å². The van der Waals surface area contributed by atoms with Gasteiger partial charge >= 0.3 is 0 Å². The predicted molar refractivity (Wildman–Crippen MR) is 105 cm³/mol. The highest BCUT2D eigenvalue weighted by Crippen LogP contribution is 2.35. The Morgan fingerprint density at radius 3 is 2.84 bits per heavy atom. The molecule has 130 valence electrons. The van der Waals surface area contributed by atoms with Crippen LogP contribution in [0.3, 0.4) is 0 Å². The zero-order valence-corrected chi connectivity index (χ0v) is 15.6. The van der Waals surface area contributed by atoms with Gasteiger partial charge in [-0.25, -0.2) is 0 Å². The molecule has 1 atom stereocenters. The number of thiophene rings is 1. The first kappa shape index (κ1) is 16.6. The molecule has 0 aliphatic carbocycles. The largest absolute Gasteiger partial charge is 0.291 e. The molecule has 0 unspecified atom stereocenters. The second-order valence-electron chi connectivity index (χ2n) is 6.99. The summed E-state index contributed by atoms with van der Waals surface area (Å²) < 4.78 is 0. The Balaban J connectivity index is 1.60. The number of H-pyrrole nitrogens is 1. The maximum atomic E-state index is 4.35. The van der Waals surface area contributed by atoms with E-state index in [4.69, 9.17) is 0 Å². The van der Waals surface area contributed by atoms with E-state index < -0.39 is 0 Å². The lowest BCUT2D eigenvalue weighted by molar-refractivity contribution is 0.195. The molecule has 3 nitrogen and oxygen atoms in total. The van der Waals surface area contributed by atoms with Crippen LogP contribution in [0.15, 0.2) is 48.0 Å². The van der Waals surface area contributed by atoms with Crippen LogP contribution in [-0.2, 0) is 6.54 Å². The first-order chi connectivity index (χ1) is 12.3. The van der Waals surface area contributed by atoms with E-state index in [0.717, 1.165) is 12.2 Å². The molecule has 3 heterocycles. The van der Waals surface area contributed by atoms with Gasteiger partial charge in [0.25, 0.3) is 0 Å². The number of aromatic nitrogens is 2. The minimum Gasteiger partial charge on any atom is -0.291 e. The summed E-state index contributed by atoms with van der Waals surface area (Å²) in [6.07, 6.45) is 7.23. The third-order valence-electron chi connectivity index (χ3n) is 5.17. The van der Waals surface area contributed by atoms with Crippen molar-refractivity contribution >= 4 is 11.3 Å². The molecule has 1 aliphatic rings. The number of aryl methyl sites for hydroxylation is 1. The average Bonchev–Trinajstić information content (AvgIpc) is 3.25. The zero-order valence-electron chi connectivity index (χ0n) is 14.7. The molecular weight excluding hydrogens is 326 g/mol. The van der Waals surface area contributed by atoms with E-state index in [1.807, 2.05) is 17.5 Å². The summed E-state index contributed by atoms with van der Waals surface area (Å²) >= 11 is 1.89. The van der Waals surface area contributed by atoms with Crippen molar-refractivity contribution in [1.82, 2.24) is 15.1 Å². The monoisotopic (exact) mass is 351 g/mol.